The molecule has 2 aliphatic carbocycles. The topological polar surface area (TPSA) is 51.0 Å². The van der Waals surface area contributed by atoms with Crippen molar-refractivity contribution in [3.63, 3.8) is 0 Å². The number of nitrogens with zero attached hydrogens (tertiary/aromatic N) is 4. The zero-order chi connectivity index (χ0) is 16.8. The Balaban J connectivity index is 1.48. The maximum atomic E-state index is 13.2. The number of hydrogen-bond donors (Lipinski definition) is 0. The number of likely N-dealkylation sites (tertiary alicyclic amines) is 1. The minimum Gasteiger partial charge on any atom is -0.327 e. The predicted octanol–water partition coefficient (Wildman–Crippen LogP) is 2.50. The number of carbonyl (C=O) groups is 1. The van der Waals surface area contributed by atoms with E-state index in [2.05, 4.69) is 46.8 Å². The first kappa shape index (κ1) is 14.4. The Hall–Kier alpha value is -2.95. The lowest BCUT2D eigenvalue weighted by atomic mass is 9.83. The number of allylic oxidation sites excluding steroid dienone is 4. The average Bonchev–Trinajstić information content (AvgIpc) is 3.21. The van der Waals surface area contributed by atoms with Crippen LogP contribution in [0.4, 0.5) is 0 Å². The lowest BCUT2D eigenvalue weighted by Crippen LogP contribution is -2.43. The van der Waals surface area contributed by atoms with Crippen molar-refractivity contribution in [2.24, 2.45) is 11.8 Å². The third kappa shape index (κ3) is 2.19. The van der Waals surface area contributed by atoms with Crippen molar-refractivity contribution in [2.45, 2.75) is 18.6 Å². The number of para-hydroxylation sites is 1. The van der Waals surface area contributed by atoms with Crippen LogP contribution >= 0.6 is 0 Å². The zero-order valence-corrected chi connectivity index (χ0v) is 13.6. The summed E-state index contributed by atoms with van der Waals surface area (Å²) in [5, 5.41) is 8.32. The van der Waals surface area contributed by atoms with Gasteiger partial charge in [0.25, 0.3) is 0 Å². The van der Waals surface area contributed by atoms with Gasteiger partial charge in [-0.15, -0.1) is 5.10 Å². The van der Waals surface area contributed by atoms with Gasteiger partial charge in [-0.25, -0.2) is 4.68 Å². The fourth-order valence-electron chi connectivity index (χ4n) is 4.27. The number of hydrogen-bond acceptors (Lipinski definition) is 3. The van der Waals surface area contributed by atoms with Crippen molar-refractivity contribution in [3.8, 4) is 0 Å². The van der Waals surface area contributed by atoms with Gasteiger partial charge in [-0.3, -0.25) is 4.79 Å². The second-order valence-corrected chi connectivity index (χ2v) is 6.71. The normalized spacial score (nSPS) is 29.2. The molecule has 0 bridgehead atoms. The van der Waals surface area contributed by atoms with Crippen LogP contribution in [0.3, 0.4) is 0 Å². The van der Waals surface area contributed by atoms with Gasteiger partial charge in [0, 0.05) is 11.8 Å². The SMILES string of the molecule is O=C(Cn1nnc2ccccc21)N1C2C=CC=CC2C2C=CC=CC21. The number of fused-ring (bicyclic) bond motifs is 4. The van der Waals surface area contributed by atoms with Crippen LogP contribution in [-0.2, 0) is 11.3 Å². The fraction of sp³-hybridized carbons (Fsp3) is 0.250. The summed E-state index contributed by atoms with van der Waals surface area (Å²) in [5.74, 6) is 0.762. The van der Waals surface area contributed by atoms with Gasteiger partial charge in [0.15, 0.2) is 0 Å². The average molecular weight is 330 g/mol. The molecular weight excluding hydrogens is 312 g/mol. The number of aromatic nitrogens is 3. The van der Waals surface area contributed by atoms with Gasteiger partial charge in [-0.05, 0) is 12.1 Å². The van der Waals surface area contributed by atoms with E-state index in [4.69, 9.17) is 0 Å². The molecule has 1 fully saturated rings. The van der Waals surface area contributed by atoms with Crippen LogP contribution in [0.15, 0.2) is 72.9 Å². The lowest BCUT2D eigenvalue weighted by Gasteiger charge is -2.29. The molecule has 25 heavy (non-hydrogen) atoms. The van der Waals surface area contributed by atoms with Gasteiger partial charge in [0.1, 0.15) is 12.1 Å². The summed E-state index contributed by atoms with van der Waals surface area (Å²) >= 11 is 0. The summed E-state index contributed by atoms with van der Waals surface area (Å²) in [6, 6.07) is 7.94. The molecule has 5 rings (SSSR count). The molecule has 2 aromatic rings. The van der Waals surface area contributed by atoms with Crippen molar-refractivity contribution in [2.75, 3.05) is 0 Å². The Kier molecular flexibility index (Phi) is 3.20. The maximum absolute atomic E-state index is 13.2. The highest BCUT2D eigenvalue weighted by Gasteiger charge is 2.47. The van der Waals surface area contributed by atoms with E-state index < -0.39 is 0 Å². The van der Waals surface area contributed by atoms with Crippen molar-refractivity contribution >= 4 is 16.9 Å². The van der Waals surface area contributed by atoms with Crippen molar-refractivity contribution in [3.05, 3.63) is 72.9 Å². The Morgan fingerprint density at radius 3 is 2.28 bits per heavy atom. The molecule has 2 heterocycles. The zero-order valence-electron chi connectivity index (χ0n) is 13.6. The molecule has 0 spiro atoms. The van der Waals surface area contributed by atoms with Crippen LogP contribution in [0.2, 0.25) is 0 Å². The van der Waals surface area contributed by atoms with Crippen molar-refractivity contribution in [1.29, 1.82) is 0 Å². The van der Waals surface area contributed by atoms with E-state index in [1.165, 1.54) is 0 Å². The van der Waals surface area contributed by atoms with E-state index in [1.807, 2.05) is 41.3 Å². The summed E-state index contributed by atoms with van der Waals surface area (Å²) in [6.07, 6.45) is 17.0. The second kappa shape index (κ2) is 5.55. The molecular formula is C20H18N4O. The first-order chi connectivity index (χ1) is 12.3. The summed E-state index contributed by atoms with van der Waals surface area (Å²) in [7, 11) is 0. The van der Waals surface area contributed by atoms with E-state index >= 15 is 0 Å². The highest BCUT2D eigenvalue weighted by Crippen LogP contribution is 2.41. The number of benzene rings is 1. The third-order valence-corrected chi connectivity index (χ3v) is 5.37. The van der Waals surface area contributed by atoms with Gasteiger partial charge < -0.3 is 4.90 Å². The highest BCUT2D eigenvalue weighted by molar-refractivity contribution is 5.81. The molecule has 0 saturated carbocycles. The molecule has 1 aliphatic heterocycles. The van der Waals surface area contributed by atoms with Crippen molar-refractivity contribution in [1.82, 2.24) is 19.9 Å². The van der Waals surface area contributed by atoms with E-state index in [-0.39, 0.29) is 24.5 Å². The van der Waals surface area contributed by atoms with Crippen LogP contribution in [0.25, 0.3) is 11.0 Å². The Bertz CT molecular complexity index is 918. The first-order valence-corrected chi connectivity index (χ1v) is 8.62. The molecule has 1 amide bonds. The lowest BCUT2D eigenvalue weighted by molar-refractivity contribution is -0.133. The third-order valence-electron chi connectivity index (χ3n) is 5.37. The summed E-state index contributed by atoms with van der Waals surface area (Å²) in [6.45, 7) is 0.210. The van der Waals surface area contributed by atoms with Crippen LogP contribution in [-0.4, -0.2) is 37.9 Å². The number of rotatable bonds is 2. The van der Waals surface area contributed by atoms with Gasteiger partial charge in [-0.2, -0.15) is 0 Å². The fourth-order valence-corrected chi connectivity index (χ4v) is 4.27. The second-order valence-electron chi connectivity index (χ2n) is 6.71. The maximum Gasteiger partial charge on any atom is 0.245 e. The Morgan fingerprint density at radius 1 is 0.920 bits per heavy atom. The molecule has 4 atom stereocenters. The molecule has 124 valence electrons. The molecule has 5 heteroatoms. The van der Waals surface area contributed by atoms with E-state index in [9.17, 15) is 4.79 Å². The van der Waals surface area contributed by atoms with Crippen molar-refractivity contribution < 1.29 is 4.79 Å². The Labute approximate surface area is 145 Å². The highest BCUT2D eigenvalue weighted by atomic mass is 16.2. The molecule has 1 aromatic carbocycles. The standard InChI is InChI=1S/C20H18N4O/c25-20(13-23-19-12-6-3-9-16(19)21-22-23)24-17-10-4-1-7-14(17)15-8-2-5-11-18(15)24/h1-12,14-15,17-18H,13H2. The monoisotopic (exact) mass is 330 g/mol. The first-order valence-electron chi connectivity index (χ1n) is 8.62. The van der Waals surface area contributed by atoms with Gasteiger partial charge in [0.2, 0.25) is 5.91 Å². The van der Waals surface area contributed by atoms with Gasteiger partial charge in [-0.1, -0.05) is 66.0 Å². The molecule has 5 nitrogen and oxygen atoms in total. The van der Waals surface area contributed by atoms with Gasteiger partial charge >= 0.3 is 0 Å². The van der Waals surface area contributed by atoms with Crippen LogP contribution in [0.1, 0.15) is 0 Å². The summed E-state index contributed by atoms with van der Waals surface area (Å²) in [4.78, 5) is 15.2. The van der Waals surface area contributed by atoms with E-state index in [1.54, 1.807) is 4.68 Å². The minimum atomic E-state index is 0.0815. The molecule has 3 aliphatic rings. The van der Waals surface area contributed by atoms with Crippen LogP contribution in [0.5, 0.6) is 0 Å². The minimum absolute atomic E-state index is 0.0815. The predicted molar refractivity (Wildman–Crippen MR) is 95.5 cm³/mol. The van der Waals surface area contributed by atoms with Gasteiger partial charge in [0.05, 0.1) is 17.6 Å². The molecule has 1 aromatic heterocycles. The quantitative estimate of drug-likeness (QED) is 0.850. The smallest absolute Gasteiger partial charge is 0.245 e. The molecule has 0 radical (unpaired) electrons. The summed E-state index contributed by atoms with van der Waals surface area (Å²) in [5.41, 5.74) is 1.70. The largest absolute Gasteiger partial charge is 0.327 e. The van der Waals surface area contributed by atoms with E-state index in [0.29, 0.717) is 11.8 Å². The van der Waals surface area contributed by atoms with Crippen LogP contribution in [0, 0.1) is 11.8 Å². The van der Waals surface area contributed by atoms with E-state index in [0.717, 1.165) is 11.0 Å². The molecule has 4 unspecified atom stereocenters. The number of amides is 1. The molecule has 0 N–H and O–H groups in total. The van der Waals surface area contributed by atoms with Crippen LogP contribution < -0.4 is 0 Å². The number of carbonyl (C=O) groups excluding carboxylic acids is 1. The molecule has 1 saturated heterocycles. The Morgan fingerprint density at radius 2 is 1.56 bits per heavy atom. The summed E-state index contributed by atoms with van der Waals surface area (Å²) < 4.78 is 1.70.